The Kier molecular flexibility index (Phi) is 9.04. The zero-order chi connectivity index (χ0) is 33.8. The fourth-order valence-electron chi connectivity index (χ4n) is 7.42. The van der Waals surface area contributed by atoms with Gasteiger partial charge in [0.1, 0.15) is 0 Å². The monoisotopic (exact) mass is 699 g/mol. The highest BCUT2D eigenvalue weighted by Gasteiger charge is 2.56. The molecule has 3 N–H and O–H groups in total. The summed E-state index contributed by atoms with van der Waals surface area (Å²) in [4.78, 5) is 42.6. The summed E-state index contributed by atoms with van der Waals surface area (Å²) in [5.41, 5.74) is 1.14. The van der Waals surface area contributed by atoms with Gasteiger partial charge in [0.2, 0.25) is 5.91 Å². The number of likely N-dealkylation sites (tertiary alicyclic amines) is 1. The topological polar surface area (TPSA) is 122 Å². The lowest BCUT2D eigenvalue weighted by atomic mass is 9.67. The third-order valence-electron chi connectivity index (χ3n) is 9.64. The molecule has 0 aromatic heterocycles. The Balaban J connectivity index is 1.54. The quantitative estimate of drug-likeness (QED) is 0.206. The molecule has 1 saturated heterocycles. The van der Waals surface area contributed by atoms with Crippen molar-refractivity contribution in [2.24, 2.45) is 11.3 Å². The Bertz CT molecular complexity index is 1700. The number of anilines is 1. The Hall–Kier alpha value is -3.28. The van der Waals surface area contributed by atoms with Crippen molar-refractivity contribution >= 4 is 57.6 Å². The number of aliphatic carboxylic acids is 1. The number of piperidine rings is 1. The van der Waals surface area contributed by atoms with Crippen LogP contribution in [-0.2, 0) is 9.59 Å². The first-order valence-corrected chi connectivity index (χ1v) is 18.0. The van der Waals surface area contributed by atoms with Crippen molar-refractivity contribution < 1.29 is 28.6 Å². The zero-order valence-electron chi connectivity index (χ0n) is 26.4. The lowest BCUT2D eigenvalue weighted by Crippen LogP contribution is -2.60. The Morgan fingerprint density at radius 1 is 0.957 bits per heavy atom. The van der Waals surface area contributed by atoms with Gasteiger partial charge in [0, 0.05) is 22.0 Å². The van der Waals surface area contributed by atoms with Crippen LogP contribution >= 0.6 is 34.2 Å². The SMILES string of the molecule is CC(C)N1C(=O)c2ccccc2N(C[C@H](C2CC2)N2C(=O)[C@@](C)(CC(=O)O)C[C@H](c3cccc(Cl)c3)[C@H]2c2ccc(Cl)cc2)S1(O)O. The number of para-hydroxylation sites is 1. The number of hydrogen-bond donors (Lipinski definition) is 3. The molecule has 3 aromatic rings. The number of benzene rings is 3. The third-order valence-corrected chi connectivity index (χ3v) is 12.2. The minimum atomic E-state index is -3.84. The van der Waals surface area contributed by atoms with E-state index in [9.17, 15) is 28.6 Å². The maximum atomic E-state index is 14.9. The fraction of sp³-hybridized carbons (Fsp3) is 0.400. The number of carboxylic acid groups (broad SMARTS) is 1. The second-order valence-electron chi connectivity index (χ2n) is 13.4. The molecule has 47 heavy (non-hydrogen) atoms. The molecule has 2 amide bonds. The molecule has 9 nitrogen and oxygen atoms in total. The van der Waals surface area contributed by atoms with Crippen molar-refractivity contribution in [3.8, 4) is 0 Å². The highest BCUT2D eigenvalue weighted by atomic mass is 35.5. The second kappa shape index (κ2) is 12.6. The molecule has 12 heteroatoms. The summed E-state index contributed by atoms with van der Waals surface area (Å²) < 4.78 is 26.3. The van der Waals surface area contributed by atoms with E-state index in [1.165, 1.54) is 4.31 Å². The van der Waals surface area contributed by atoms with Gasteiger partial charge in [-0.3, -0.25) is 27.8 Å². The van der Waals surface area contributed by atoms with Gasteiger partial charge >= 0.3 is 5.97 Å². The predicted octanol–water partition coefficient (Wildman–Crippen LogP) is 8.26. The first-order valence-electron chi connectivity index (χ1n) is 15.8. The fourth-order valence-corrected chi connectivity index (χ4v) is 9.62. The van der Waals surface area contributed by atoms with E-state index in [-0.39, 0.29) is 37.1 Å². The largest absolute Gasteiger partial charge is 0.481 e. The number of amides is 2. The standard InChI is InChI=1S/C35H39Cl2N3O6S/c1-21(2)40-33(43)27-9-4-5-10-29(27)38(47(40,45)46)20-30(22-11-12-22)39-32(23-13-15-25(36)16-14-23)28(24-7-6-8-26(37)17-24)18-35(3,34(39)44)19-31(41)42/h4-10,13-17,21-22,28,30,32,45-46H,11-12,18-20H2,1-3H3,(H,41,42)/t28-,30-,32-,35-/m1/s1. The molecule has 0 spiro atoms. The maximum absolute atomic E-state index is 14.9. The first-order chi connectivity index (χ1) is 22.2. The molecule has 2 heterocycles. The van der Waals surface area contributed by atoms with Crippen molar-refractivity contribution in [1.82, 2.24) is 9.21 Å². The van der Waals surface area contributed by atoms with E-state index in [2.05, 4.69) is 0 Å². The van der Waals surface area contributed by atoms with Gasteiger partial charge in [-0.2, -0.15) is 0 Å². The Labute approximate surface area is 286 Å². The molecule has 2 aliphatic heterocycles. The molecule has 3 aliphatic rings. The summed E-state index contributed by atoms with van der Waals surface area (Å²) in [5, 5.41) is 11.1. The number of halogens is 2. The average molecular weight is 701 g/mol. The molecule has 0 bridgehead atoms. The van der Waals surface area contributed by atoms with Crippen LogP contribution in [0.25, 0.3) is 0 Å². The lowest BCUT2D eigenvalue weighted by molar-refractivity contribution is -0.160. The van der Waals surface area contributed by atoms with Crippen LogP contribution in [0.15, 0.2) is 72.8 Å². The van der Waals surface area contributed by atoms with E-state index in [0.29, 0.717) is 21.3 Å². The minimum absolute atomic E-state index is 0.00781. The number of carboxylic acids is 1. The molecule has 0 radical (unpaired) electrons. The number of carbonyl (C=O) groups excluding carboxylic acids is 2. The molecular formula is C35H39Cl2N3O6S. The molecular weight excluding hydrogens is 661 g/mol. The molecule has 3 aromatic carbocycles. The van der Waals surface area contributed by atoms with Crippen LogP contribution in [0.3, 0.4) is 0 Å². The minimum Gasteiger partial charge on any atom is -0.481 e. The zero-order valence-corrected chi connectivity index (χ0v) is 28.8. The predicted molar refractivity (Wildman–Crippen MR) is 185 cm³/mol. The third kappa shape index (κ3) is 6.22. The maximum Gasteiger partial charge on any atom is 0.304 e. The molecule has 1 saturated carbocycles. The van der Waals surface area contributed by atoms with Gasteiger partial charge in [-0.15, -0.1) is 0 Å². The van der Waals surface area contributed by atoms with Gasteiger partial charge in [0.15, 0.2) is 0 Å². The van der Waals surface area contributed by atoms with Gasteiger partial charge in [-0.05, 0) is 97.5 Å². The van der Waals surface area contributed by atoms with Crippen LogP contribution in [0, 0.1) is 11.3 Å². The van der Waals surface area contributed by atoms with Crippen molar-refractivity contribution in [1.29, 1.82) is 0 Å². The summed E-state index contributed by atoms with van der Waals surface area (Å²) in [6.07, 6.45) is 1.50. The van der Waals surface area contributed by atoms with E-state index in [4.69, 9.17) is 23.2 Å². The second-order valence-corrected chi connectivity index (χ2v) is 16.1. The van der Waals surface area contributed by atoms with Crippen molar-refractivity contribution in [2.45, 2.75) is 70.5 Å². The van der Waals surface area contributed by atoms with Gasteiger partial charge < -0.3 is 10.0 Å². The van der Waals surface area contributed by atoms with Crippen molar-refractivity contribution in [3.63, 3.8) is 0 Å². The average Bonchev–Trinajstić information content (AvgIpc) is 3.84. The Morgan fingerprint density at radius 2 is 1.64 bits per heavy atom. The van der Waals surface area contributed by atoms with E-state index in [1.807, 2.05) is 35.2 Å². The van der Waals surface area contributed by atoms with Gasteiger partial charge in [-0.25, -0.2) is 4.31 Å². The smallest absolute Gasteiger partial charge is 0.304 e. The highest BCUT2D eigenvalue weighted by Crippen LogP contribution is 2.59. The molecule has 6 rings (SSSR count). The number of nitrogens with zero attached hydrogens (tertiary/aromatic N) is 3. The summed E-state index contributed by atoms with van der Waals surface area (Å²) in [6.45, 7) is 5.18. The van der Waals surface area contributed by atoms with Crippen LogP contribution in [0.5, 0.6) is 0 Å². The van der Waals surface area contributed by atoms with E-state index < -0.39 is 46.4 Å². The van der Waals surface area contributed by atoms with Crippen molar-refractivity contribution in [3.05, 3.63) is 99.5 Å². The summed E-state index contributed by atoms with van der Waals surface area (Å²) in [5.74, 6) is -2.20. The molecule has 250 valence electrons. The lowest BCUT2D eigenvalue weighted by Gasteiger charge is -2.57. The van der Waals surface area contributed by atoms with Gasteiger partial charge in [-0.1, -0.05) is 66.5 Å². The Morgan fingerprint density at radius 3 is 2.26 bits per heavy atom. The van der Waals surface area contributed by atoms with Gasteiger partial charge in [0.25, 0.3) is 5.91 Å². The highest BCUT2D eigenvalue weighted by molar-refractivity contribution is 8.23. The molecule has 4 atom stereocenters. The van der Waals surface area contributed by atoms with E-state index in [0.717, 1.165) is 28.3 Å². The van der Waals surface area contributed by atoms with Crippen LogP contribution in [0.4, 0.5) is 5.69 Å². The van der Waals surface area contributed by atoms with Crippen LogP contribution in [0.2, 0.25) is 10.0 Å². The van der Waals surface area contributed by atoms with Crippen LogP contribution in [-0.4, -0.2) is 59.8 Å². The first kappa shape index (κ1) is 33.6. The van der Waals surface area contributed by atoms with E-state index >= 15 is 0 Å². The molecule has 2 fully saturated rings. The molecule has 0 unspecified atom stereocenters. The summed E-state index contributed by atoms with van der Waals surface area (Å²) in [6, 6.07) is 20.0. The number of rotatable bonds is 9. The van der Waals surface area contributed by atoms with Crippen LogP contribution in [0.1, 0.15) is 79.9 Å². The van der Waals surface area contributed by atoms with Crippen LogP contribution < -0.4 is 4.31 Å². The normalized spacial score (nSPS) is 25.5. The van der Waals surface area contributed by atoms with E-state index in [1.54, 1.807) is 63.2 Å². The molecule has 1 aliphatic carbocycles. The number of hydrogen-bond acceptors (Lipinski definition) is 6. The number of carbonyl (C=O) groups is 3. The number of fused-ring (bicyclic) bond motifs is 1. The summed E-state index contributed by atoms with van der Waals surface area (Å²) in [7, 11) is -3.84. The van der Waals surface area contributed by atoms with Crippen molar-refractivity contribution in [2.75, 3.05) is 10.8 Å². The summed E-state index contributed by atoms with van der Waals surface area (Å²) >= 11 is 12.8. The van der Waals surface area contributed by atoms with Gasteiger partial charge in [0.05, 0.1) is 41.7 Å².